The maximum Gasteiger partial charge on any atom is 0.122 e. The lowest BCUT2D eigenvalue weighted by Crippen LogP contribution is -2.40. The predicted molar refractivity (Wildman–Crippen MR) is 81.1 cm³/mol. The Balaban J connectivity index is 1.95. The first-order valence-electron chi connectivity index (χ1n) is 6.72. The minimum atomic E-state index is -0.659. The van der Waals surface area contributed by atoms with E-state index in [0.29, 0.717) is 6.54 Å². The van der Waals surface area contributed by atoms with Crippen molar-refractivity contribution in [3.05, 3.63) is 29.3 Å². The van der Waals surface area contributed by atoms with E-state index in [-0.39, 0.29) is 6.04 Å². The smallest absolute Gasteiger partial charge is 0.122 e. The SMILES string of the molecule is CSCC(C)(O)CNC(C)c1ccc2c(c1)CCO2. The van der Waals surface area contributed by atoms with Crippen molar-refractivity contribution in [1.82, 2.24) is 5.32 Å². The molecule has 2 unspecified atom stereocenters. The van der Waals surface area contributed by atoms with Gasteiger partial charge in [0.05, 0.1) is 12.2 Å². The van der Waals surface area contributed by atoms with Crippen LogP contribution in [0.5, 0.6) is 5.75 Å². The molecule has 0 aromatic heterocycles. The summed E-state index contributed by atoms with van der Waals surface area (Å²) in [5.41, 5.74) is 1.89. The van der Waals surface area contributed by atoms with Crippen LogP contribution in [0, 0.1) is 0 Å². The molecule has 4 heteroatoms. The van der Waals surface area contributed by atoms with Gasteiger partial charge in [-0.25, -0.2) is 0 Å². The molecule has 0 bridgehead atoms. The summed E-state index contributed by atoms with van der Waals surface area (Å²) in [4.78, 5) is 0. The normalized spacial score (nSPS) is 18.5. The summed E-state index contributed by atoms with van der Waals surface area (Å²) in [6, 6.07) is 6.60. The number of ether oxygens (including phenoxy) is 1. The molecule has 0 saturated carbocycles. The second-order valence-corrected chi connectivity index (χ2v) is 6.36. The molecule has 1 aromatic carbocycles. The van der Waals surface area contributed by atoms with Crippen molar-refractivity contribution in [2.75, 3.05) is 25.2 Å². The molecular weight excluding hydrogens is 258 g/mol. The Bertz CT molecular complexity index is 434. The number of fused-ring (bicyclic) bond motifs is 1. The van der Waals surface area contributed by atoms with E-state index >= 15 is 0 Å². The van der Waals surface area contributed by atoms with Crippen molar-refractivity contribution in [1.29, 1.82) is 0 Å². The highest BCUT2D eigenvalue weighted by Crippen LogP contribution is 2.28. The number of nitrogens with one attached hydrogen (secondary N) is 1. The van der Waals surface area contributed by atoms with Crippen LogP contribution in [-0.2, 0) is 6.42 Å². The van der Waals surface area contributed by atoms with Gasteiger partial charge in [0, 0.05) is 24.8 Å². The largest absolute Gasteiger partial charge is 0.493 e. The van der Waals surface area contributed by atoms with Gasteiger partial charge in [0.15, 0.2) is 0 Å². The zero-order valence-electron chi connectivity index (χ0n) is 11.9. The predicted octanol–water partition coefficient (Wildman–Crippen LogP) is 2.39. The summed E-state index contributed by atoms with van der Waals surface area (Å²) < 4.78 is 5.52. The highest BCUT2D eigenvalue weighted by atomic mass is 32.2. The van der Waals surface area contributed by atoms with Gasteiger partial charge in [-0.15, -0.1) is 0 Å². The minimum Gasteiger partial charge on any atom is -0.493 e. The molecule has 0 spiro atoms. The second-order valence-electron chi connectivity index (χ2n) is 5.50. The summed E-state index contributed by atoms with van der Waals surface area (Å²) in [5, 5.41) is 13.6. The Morgan fingerprint density at radius 3 is 3.05 bits per heavy atom. The van der Waals surface area contributed by atoms with Crippen molar-refractivity contribution in [2.45, 2.75) is 31.9 Å². The lowest BCUT2D eigenvalue weighted by Gasteiger charge is -2.25. The van der Waals surface area contributed by atoms with E-state index in [1.54, 1.807) is 11.8 Å². The fraction of sp³-hybridized carbons (Fsp3) is 0.600. The standard InChI is InChI=1S/C15H23NO2S/c1-11(16-9-15(2,17)10-19-3)12-4-5-14-13(8-12)6-7-18-14/h4-5,8,11,16-17H,6-7,9-10H2,1-3H3. The Labute approximate surface area is 119 Å². The van der Waals surface area contributed by atoms with Gasteiger partial charge in [0.2, 0.25) is 0 Å². The fourth-order valence-corrected chi connectivity index (χ4v) is 3.05. The van der Waals surface area contributed by atoms with Crippen LogP contribution >= 0.6 is 11.8 Å². The maximum absolute atomic E-state index is 10.2. The second kappa shape index (κ2) is 6.16. The molecule has 106 valence electrons. The van der Waals surface area contributed by atoms with E-state index in [0.717, 1.165) is 24.5 Å². The summed E-state index contributed by atoms with van der Waals surface area (Å²) in [6.07, 6.45) is 3.01. The molecule has 1 heterocycles. The molecule has 0 amide bonds. The average molecular weight is 281 g/mol. The number of aliphatic hydroxyl groups is 1. The zero-order valence-corrected chi connectivity index (χ0v) is 12.7. The average Bonchev–Trinajstić information content (AvgIpc) is 2.83. The zero-order chi connectivity index (χ0) is 13.9. The number of rotatable bonds is 6. The van der Waals surface area contributed by atoms with E-state index in [1.165, 1.54) is 11.1 Å². The highest BCUT2D eigenvalue weighted by molar-refractivity contribution is 7.98. The molecule has 19 heavy (non-hydrogen) atoms. The lowest BCUT2D eigenvalue weighted by molar-refractivity contribution is 0.0821. The van der Waals surface area contributed by atoms with Crippen LogP contribution in [0.2, 0.25) is 0 Å². The van der Waals surface area contributed by atoms with Crippen LogP contribution in [0.15, 0.2) is 18.2 Å². The Kier molecular flexibility index (Phi) is 4.76. The molecule has 0 fully saturated rings. The molecule has 2 atom stereocenters. The number of hydrogen-bond acceptors (Lipinski definition) is 4. The molecule has 0 saturated heterocycles. The Morgan fingerprint density at radius 2 is 2.32 bits per heavy atom. The summed E-state index contributed by atoms with van der Waals surface area (Å²) >= 11 is 1.67. The van der Waals surface area contributed by atoms with E-state index in [1.807, 2.05) is 13.2 Å². The first-order chi connectivity index (χ1) is 9.02. The van der Waals surface area contributed by atoms with Gasteiger partial charge in [0.1, 0.15) is 5.75 Å². The fourth-order valence-electron chi connectivity index (χ4n) is 2.33. The van der Waals surface area contributed by atoms with Crippen LogP contribution in [-0.4, -0.2) is 35.9 Å². The van der Waals surface area contributed by atoms with Gasteiger partial charge in [0.25, 0.3) is 0 Å². The van der Waals surface area contributed by atoms with Gasteiger partial charge in [-0.2, -0.15) is 11.8 Å². The van der Waals surface area contributed by atoms with Crippen molar-refractivity contribution >= 4 is 11.8 Å². The van der Waals surface area contributed by atoms with Crippen molar-refractivity contribution < 1.29 is 9.84 Å². The molecule has 1 aliphatic heterocycles. The lowest BCUT2D eigenvalue weighted by atomic mass is 10.0. The van der Waals surface area contributed by atoms with Crippen LogP contribution in [0.3, 0.4) is 0 Å². The van der Waals surface area contributed by atoms with Crippen LogP contribution < -0.4 is 10.1 Å². The summed E-state index contributed by atoms with van der Waals surface area (Å²) in [5.74, 6) is 1.76. The van der Waals surface area contributed by atoms with Gasteiger partial charge in [-0.1, -0.05) is 12.1 Å². The number of benzene rings is 1. The topological polar surface area (TPSA) is 41.5 Å². The monoisotopic (exact) mass is 281 g/mol. The maximum atomic E-state index is 10.2. The highest BCUT2D eigenvalue weighted by Gasteiger charge is 2.21. The molecule has 2 rings (SSSR count). The van der Waals surface area contributed by atoms with Crippen LogP contribution in [0.25, 0.3) is 0 Å². The quantitative estimate of drug-likeness (QED) is 0.840. The Hall–Kier alpha value is -0.710. The van der Waals surface area contributed by atoms with Crippen molar-refractivity contribution in [2.24, 2.45) is 0 Å². The molecular formula is C15H23NO2S. The number of thioether (sulfide) groups is 1. The first-order valence-corrected chi connectivity index (χ1v) is 8.11. The summed E-state index contributed by atoms with van der Waals surface area (Å²) in [6.45, 7) is 5.40. The molecule has 1 aromatic rings. The summed E-state index contributed by atoms with van der Waals surface area (Å²) in [7, 11) is 0. The molecule has 0 aliphatic carbocycles. The number of hydrogen-bond donors (Lipinski definition) is 2. The van der Waals surface area contributed by atoms with E-state index < -0.39 is 5.60 Å². The molecule has 2 N–H and O–H groups in total. The third kappa shape index (κ3) is 3.88. The van der Waals surface area contributed by atoms with Gasteiger partial charge >= 0.3 is 0 Å². The Morgan fingerprint density at radius 1 is 1.53 bits per heavy atom. The van der Waals surface area contributed by atoms with E-state index in [2.05, 4.69) is 30.4 Å². The molecule has 3 nitrogen and oxygen atoms in total. The van der Waals surface area contributed by atoms with Gasteiger partial charge in [-0.3, -0.25) is 0 Å². The van der Waals surface area contributed by atoms with E-state index in [4.69, 9.17) is 4.74 Å². The van der Waals surface area contributed by atoms with Gasteiger partial charge in [-0.05, 0) is 37.3 Å². The van der Waals surface area contributed by atoms with Crippen molar-refractivity contribution in [3.63, 3.8) is 0 Å². The molecule has 1 aliphatic rings. The van der Waals surface area contributed by atoms with E-state index in [9.17, 15) is 5.11 Å². The van der Waals surface area contributed by atoms with Gasteiger partial charge < -0.3 is 15.2 Å². The third-order valence-electron chi connectivity index (χ3n) is 3.46. The first kappa shape index (κ1) is 14.7. The van der Waals surface area contributed by atoms with Crippen molar-refractivity contribution in [3.8, 4) is 5.75 Å². The van der Waals surface area contributed by atoms with Crippen LogP contribution in [0.1, 0.15) is 31.0 Å². The molecule has 0 radical (unpaired) electrons. The minimum absolute atomic E-state index is 0.235. The third-order valence-corrected chi connectivity index (χ3v) is 4.37. The van der Waals surface area contributed by atoms with Crippen LogP contribution in [0.4, 0.5) is 0 Å².